The Morgan fingerprint density at radius 3 is 2.86 bits per heavy atom. The Balaban J connectivity index is 1.90. The van der Waals surface area contributed by atoms with E-state index in [1.807, 2.05) is 0 Å². The molecule has 1 heterocycles. The van der Waals surface area contributed by atoms with E-state index in [2.05, 4.69) is 17.1 Å². The highest BCUT2D eigenvalue weighted by Gasteiger charge is 2.43. The first-order valence-electron chi connectivity index (χ1n) is 5.18. The molecule has 78 valence electrons. The lowest BCUT2D eigenvalue weighted by Gasteiger charge is -1.97. The predicted molar refractivity (Wildman–Crippen MR) is 50.9 cm³/mol. The normalized spacial score (nSPS) is 18.4. The monoisotopic (exact) mass is 196 g/mol. The minimum absolute atomic E-state index is 0.193. The van der Waals surface area contributed by atoms with Crippen molar-refractivity contribution in [3.05, 3.63) is 11.7 Å². The molecule has 1 aliphatic rings. The van der Waals surface area contributed by atoms with Crippen molar-refractivity contribution >= 4 is 0 Å². The third-order valence-corrected chi connectivity index (χ3v) is 2.81. The summed E-state index contributed by atoms with van der Waals surface area (Å²) in [6, 6.07) is 0. The zero-order valence-corrected chi connectivity index (χ0v) is 8.49. The highest BCUT2D eigenvalue weighted by atomic mass is 16.5. The zero-order chi connectivity index (χ0) is 10.0. The summed E-state index contributed by atoms with van der Waals surface area (Å²) < 4.78 is 5.13. The number of hydrogen-bond acceptors (Lipinski definition) is 4. The summed E-state index contributed by atoms with van der Waals surface area (Å²) in [5.41, 5.74) is 0.193. The smallest absolute Gasteiger partial charge is 0.226 e. The van der Waals surface area contributed by atoms with Gasteiger partial charge in [-0.05, 0) is 25.7 Å². The number of unbranched alkanes of at least 4 members (excludes halogenated alkanes) is 1. The molecule has 0 bridgehead atoms. The first kappa shape index (κ1) is 9.65. The third kappa shape index (κ3) is 1.95. The summed E-state index contributed by atoms with van der Waals surface area (Å²) in [6.07, 6.45) is 4.83. The van der Waals surface area contributed by atoms with Gasteiger partial charge in [0.25, 0.3) is 0 Å². The molecule has 4 nitrogen and oxygen atoms in total. The molecule has 0 unspecified atom stereocenters. The highest BCUT2D eigenvalue weighted by molar-refractivity contribution is 5.14. The largest absolute Gasteiger partial charge is 0.396 e. The maximum absolute atomic E-state index is 8.62. The molecule has 14 heavy (non-hydrogen) atoms. The molecule has 0 atom stereocenters. The van der Waals surface area contributed by atoms with Gasteiger partial charge in [0.1, 0.15) is 0 Å². The molecule has 2 rings (SSSR count). The van der Waals surface area contributed by atoms with Gasteiger partial charge in [-0.15, -0.1) is 0 Å². The fourth-order valence-corrected chi connectivity index (χ4v) is 1.40. The number of rotatable bonds is 5. The summed E-state index contributed by atoms with van der Waals surface area (Å²) in [5, 5.41) is 12.6. The lowest BCUT2D eigenvalue weighted by Crippen LogP contribution is -2.02. The van der Waals surface area contributed by atoms with Gasteiger partial charge in [-0.25, -0.2) is 0 Å². The van der Waals surface area contributed by atoms with Crippen molar-refractivity contribution in [3.63, 3.8) is 0 Å². The van der Waals surface area contributed by atoms with Crippen LogP contribution in [0.5, 0.6) is 0 Å². The van der Waals surface area contributed by atoms with E-state index < -0.39 is 0 Å². The lowest BCUT2D eigenvalue weighted by atomic mass is 10.1. The van der Waals surface area contributed by atoms with Crippen LogP contribution in [0.2, 0.25) is 0 Å². The van der Waals surface area contributed by atoms with Crippen molar-refractivity contribution in [2.45, 2.75) is 44.4 Å². The number of aryl methyl sites for hydroxylation is 1. The van der Waals surface area contributed by atoms with Crippen LogP contribution in [0.4, 0.5) is 0 Å². The predicted octanol–water partition coefficient (Wildman–Crippen LogP) is 1.44. The number of aliphatic hydroxyl groups is 1. The van der Waals surface area contributed by atoms with Gasteiger partial charge in [0, 0.05) is 18.4 Å². The lowest BCUT2D eigenvalue weighted by molar-refractivity contribution is 0.280. The average Bonchev–Trinajstić information content (AvgIpc) is 2.76. The van der Waals surface area contributed by atoms with E-state index in [-0.39, 0.29) is 12.0 Å². The van der Waals surface area contributed by atoms with Crippen molar-refractivity contribution in [3.8, 4) is 0 Å². The number of hydrogen-bond donors (Lipinski definition) is 1. The van der Waals surface area contributed by atoms with Crippen LogP contribution >= 0.6 is 0 Å². The van der Waals surface area contributed by atoms with Crippen LogP contribution in [0, 0.1) is 0 Å². The first-order chi connectivity index (χ1) is 6.74. The SMILES string of the molecule is CC1(c2noc(CCCCO)n2)CC1. The quantitative estimate of drug-likeness (QED) is 0.724. The molecule has 1 fully saturated rings. The summed E-state index contributed by atoms with van der Waals surface area (Å²) in [6.45, 7) is 2.40. The summed E-state index contributed by atoms with van der Waals surface area (Å²) in [4.78, 5) is 4.36. The Kier molecular flexibility index (Phi) is 2.54. The van der Waals surface area contributed by atoms with Crippen molar-refractivity contribution in [2.75, 3.05) is 6.61 Å². The van der Waals surface area contributed by atoms with Crippen LogP contribution in [0.1, 0.15) is 44.3 Å². The van der Waals surface area contributed by atoms with Crippen LogP contribution in [0.25, 0.3) is 0 Å². The molecular formula is C10H16N2O2. The summed E-state index contributed by atoms with van der Waals surface area (Å²) in [7, 11) is 0. The molecule has 4 heteroatoms. The summed E-state index contributed by atoms with van der Waals surface area (Å²) in [5.74, 6) is 1.57. The first-order valence-corrected chi connectivity index (χ1v) is 5.18. The van der Waals surface area contributed by atoms with Gasteiger partial charge < -0.3 is 9.63 Å². The van der Waals surface area contributed by atoms with Gasteiger partial charge in [0.05, 0.1) is 0 Å². The molecular weight excluding hydrogens is 180 g/mol. The molecule has 1 N–H and O–H groups in total. The van der Waals surface area contributed by atoms with Crippen molar-refractivity contribution in [2.24, 2.45) is 0 Å². The van der Waals surface area contributed by atoms with E-state index in [9.17, 15) is 0 Å². The van der Waals surface area contributed by atoms with Gasteiger partial charge in [-0.2, -0.15) is 4.98 Å². The van der Waals surface area contributed by atoms with Gasteiger partial charge in [-0.3, -0.25) is 0 Å². The second kappa shape index (κ2) is 3.69. The maximum Gasteiger partial charge on any atom is 0.226 e. The molecule has 0 spiro atoms. The second-order valence-electron chi connectivity index (χ2n) is 4.25. The van der Waals surface area contributed by atoms with E-state index in [4.69, 9.17) is 9.63 Å². The average molecular weight is 196 g/mol. The van der Waals surface area contributed by atoms with Gasteiger partial charge >= 0.3 is 0 Å². The Morgan fingerprint density at radius 2 is 2.21 bits per heavy atom. The fourth-order valence-electron chi connectivity index (χ4n) is 1.40. The molecule has 0 aliphatic heterocycles. The minimum atomic E-state index is 0.193. The van der Waals surface area contributed by atoms with Gasteiger partial charge in [-0.1, -0.05) is 12.1 Å². The number of nitrogens with zero attached hydrogens (tertiary/aromatic N) is 2. The molecule has 1 saturated carbocycles. The molecule has 0 saturated heterocycles. The molecule has 1 aromatic rings. The van der Waals surface area contributed by atoms with Crippen LogP contribution < -0.4 is 0 Å². The molecule has 1 aliphatic carbocycles. The van der Waals surface area contributed by atoms with Crippen LogP contribution in [0.15, 0.2) is 4.52 Å². The Labute approximate surface area is 83.3 Å². The third-order valence-electron chi connectivity index (χ3n) is 2.81. The minimum Gasteiger partial charge on any atom is -0.396 e. The van der Waals surface area contributed by atoms with E-state index in [1.165, 1.54) is 12.8 Å². The van der Waals surface area contributed by atoms with E-state index in [0.29, 0.717) is 5.89 Å². The zero-order valence-electron chi connectivity index (χ0n) is 8.49. The fraction of sp³-hybridized carbons (Fsp3) is 0.800. The molecule has 0 amide bonds. The van der Waals surface area contributed by atoms with E-state index >= 15 is 0 Å². The van der Waals surface area contributed by atoms with E-state index in [0.717, 1.165) is 25.1 Å². The van der Waals surface area contributed by atoms with Crippen LogP contribution in [-0.2, 0) is 11.8 Å². The van der Waals surface area contributed by atoms with E-state index in [1.54, 1.807) is 0 Å². The van der Waals surface area contributed by atoms with Gasteiger partial charge in [0.2, 0.25) is 5.89 Å². The highest BCUT2D eigenvalue weighted by Crippen LogP contribution is 2.45. The topological polar surface area (TPSA) is 59.2 Å². The van der Waals surface area contributed by atoms with Crippen molar-refractivity contribution < 1.29 is 9.63 Å². The maximum atomic E-state index is 8.62. The van der Waals surface area contributed by atoms with Crippen molar-refractivity contribution in [1.82, 2.24) is 10.1 Å². The Hall–Kier alpha value is -0.900. The number of aromatic nitrogens is 2. The second-order valence-corrected chi connectivity index (χ2v) is 4.25. The van der Waals surface area contributed by atoms with Crippen LogP contribution in [-0.4, -0.2) is 21.9 Å². The molecule has 1 aromatic heterocycles. The standard InChI is InChI=1S/C10H16N2O2/c1-10(5-6-10)9-11-8(14-12-9)4-2-3-7-13/h13H,2-7H2,1H3. The van der Waals surface area contributed by atoms with Crippen LogP contribution in [0.3, 0.4) is 0 Å². The van der Waals surface area contributed by atoms with Gasteiger partial charge in [0.15, 0.2) is 5.82 Å². The number of aliphatic hydroxyl groups excluding tert-OH is 1. The summed E-state index contributed by atoms with van der Waals surface area (Å²) >= 11 is 0. The Morgan fingerprint density at radius 1 is 1.43 bits per heavy atom. The van der Waals surface area contributed by atoms with Crippen molar-refractivity contribution in [1.29, 1.82) is 0 Å². The molecule has 0 aromatic carbocycles. The molecule has 0 radical (unpaired) electrons. The Bertz CT molecular complexity index is 305.